The standard InChI is InChI=1S/C12H10N4OS2/c1-15-10(17)8-4-2-7(3-5-8)9-11(18-6-13)19-12(14)16-9/h2-5H,1H3,(H2,14,16)(H,15,17). The van der Waals surface area contributed by atoms with E-state index in [1.54, 1.807) is 31.3 Å². The van der Waals surface area contributed by atoms with Gasteiger partial charge in [-0.3, -0.25) is 4.79 Å². The van der Waals surface area contributed by atoms with Crippen LogP contribution in [-0.2, 0) is 0 Å². The molecule has 19 heavy (non-hydrogen) atoms. The van der Waals surface area contributed by atoms with Crippen LogP contribution < -0.4 is 11.1 Å². The normalized spacial score (nSPS) is 9.89. The average Bonchev–Trinajstić information content (AvgIpc) is 2.79. The van der Waals surface area contributed by atoms with Gasteiger partial charge in [-0.1, -0.05) is 23.5 Å². The Bertz CT molecular complexity index is 643. The van der Waals surface area contributed by atoms with Crippen molar-refractivity contribution in [3.63, 3.8) is 0 Å². The van der Waals surface area contributed by atoms with E-state index < -0.39 is 0 Å². The number of nitrogens with one attached hydrogen (secondary N) is 1. The number of nitrogens with two attached hydrogens (primary N) is 1. The number of nitriles is 1. The van der Waals surface area contributed by atoms with Crippen molar-refractivity contribution >= 4 is 34.1 Å². The van der Waals surface area contributed by atoms with E-state index in [2.05, 4.69) is 10.3 Å². The molecule has 7 heteroatoms. The van der Waals surface area contributed by atoms with Crippen molar-refractivity contribution in [2.24, 2.45) is 0 Å². The minimum atomic E-state index is -0.143. The lowest BCUT2D eigenvalue weighted by atomic mass is 10.1. The molecule has 0 saturated carbocycles. The van der Waals surface area contributed by atoms with E-state index in [-0.39, 0.29) is 5.91 Å². The summed E-state index contributed by atoms with van der Waals surface area (Å²) in [5.74, 6) is -0.143. The maximum absolute atomic E-state index is 11.4. The summed E-state index contributed by atoms with van der Waals surface area (Å²) in [6.07, 6.45) is 0. The highest BCUT2D eigenvalue weighted by Crippen LogP contribution is 2.36. The molecule has 0 saturated heterocycles. The van der Waals surface area contributed by atoms with Gasteiger partial charge in [0, 0.05) is 29.9 Å². The molecule has 0 aliphatic rings. The van der Waals surface area contributed by atoms with Gasteiger partial charge in [0.2, 0.25) is 0 Å². The van der Waals surface area contributed by atoms with Gasteiger partial charge < -0.3 is 11.1 Å². The molecule has 0 aliphatic carbocycles. The fourth-order valence-corrected chi connectivity index (χ4v) is 3.00. The fourth-order valence-electron chi connectivity index (χ4n) is 1.54. The monoisotopic (exact) mass is 290 g/mol. The van der Waals surface area contributed by atoms with Crippen LogP contribution in [0.3, 0.4) is 0 Å². The third-order valence-corrected chi connectivity index (χ3v) is 4.05. The summed E-state index contributed by atoms with van der Waals surface area (Å²) >= 11 is 2.31. The van der Waals surface area contributed by atoms with E-state index in [9.17, 15) is 4.79 Å². The molecule has 96 valence electrons. The molecule has 0 radical (unpaired) electrons. The van der Waals surface area contributed by atoms with Crippen LogP contribution in [-0.4, -0.2) is 17.9 Å². The van der Waals surface area contributed by atoms with E-state index in [1.165, 1.54) is 11.3 Å². The number of hydrogen-bond donors (Lipinski definition) is 2. The lowest BCUT2D eigenvalue weighted by molar-refractivity contribution is 0.0963. The Balaban J connectivity index is 2.37. The maximum atomic E-state index is 11.4. The molecule has 0 spiro atoms. The first-order valence-corrected chi connectivity index (χ1v) is 6.93. The van der Waals surface area contributed by atoms with Crippen LogP contribution in [0.25, 0.3) is 11.3 Å². The van der Waals surface area contributed by atoms with Gasteiger partial charge in [0.1, 0.15) is 9.61 Å². The Morgan fingerprint density at radius 3 is 2.74 bits per heavy atom. The van der Waals surface area contributed by atoms with Crippen LogP contribution in [0, 0.1) is 10.7 Å². The Morgan fingerprint density at radius 2 is 2.16 bits per heavy atom. The molecule has 5 nitrogen and oxygen atoms in total. The number of hydrogen-bond acceptors (Lipinski definition) is 6. The third-order valence-electron chi connectivity index (χ3n) is 2.40. The van der Waals surface area contributed by atoms with E-state index in [0.717, 1.165) is 21.5 Å². The first-order chi connectivity index (χ1) is 9.15. The largest absolute Gasteiger partial charge is 0.375 e. The number of thioether (sulfide) groups is 1. The minimum Gasteiger partial charge on any atom is -0.375 e. The zero-order valence-electron chi connectivity index (χ0n) is 10.0. The molecule has 0 unspecified atom stereocenters. The van der Waals surface area contributed by atoms with Crippen LogP contribution in [0.15, 0.2) is 28.5 Å². The number of nitrogen functional groups attached to an aromatic ring is 1. The Morgan fingerprint density at radius 1 is 1.47 bits per heavy atom. The predicted molar refractivity (Wildman–Crippen MR) is 76.8 cm³/mol. The quantitative estimate of drug-likeness (QED) is 0.668. The van der Waals surface area contributed by atoms with E-state index in [1.807, 2.05) is 5.40 Å². The summed E-state index contributed by atoms with van der Waals surface area (Å²) in [5.41, 5.74) is 7.75. The lowest BCUT2D eigenvalue weighted by Gasteiger charge is -2.02. The second kappa shape index (κ2) is 5.73. The van der Waals surface area contributed by atoms with Gasteiger partial charge in [-0.2, -0.15) is 5.26 Å². The number of carbonyl (C=O) groups is 1. The van der Waals surface area contributed by atoms with Gasteiger partial charge in [-0.25, -0.2) is 4.98 Å². The molecular weight excluding hydrogens is 280 g/mol. The van der Waals surface area contributed by atoms with Crippen molar-refractivity contribution in [1.82, 2.24) is 10.3 Å². The highest BCUT2D eigenvalue weighted by atomic mass is 32.2. The number of benzene rings is 1. The molecule has 1 amide bonds. The van der Waals surface area contributed by atoms with Crippen molar-refractivity contribution in [2.45, 2.75) is 4.21 Å². The van der Waals surface area contributed by atoms with Gasteiger partial charge in [0.05, 0.1) is 5.69 Å². The number of aromatic nitrogens is 1. The van der Waals surface area contributed by atoms with Crippen LogP contribution >= 0.6 is 23.1 Å². The topological polar surface area (TPSA) is 91.8 Å². The molecule has 0 atom stereocenters. The van der Waals surface area contributed by atoms with E-state index >= 15 is 0 Å². The summed E-state index contributed by atoms with van der Waals surface area (Å²) in [6.45, 7) is 0. The summed E-state index contributed by atoms with van der Waals surface area (Å²) < 4.78 is 0.757. The predicted octanol–water partition coefficient (Wildman–Crippen LogP) is 2.33. The third kappa shape index (κ3) is 2.86. The highest BCUT2D eigenvalue weighted by Gasteiger charge is 2.13. The molecule has 1 aromatic carbocycles. The van der Waals surface area contributed by atoms with Crippen LogP contribution in [0.4, 0.5) is 5.13 Å². The second-order valence-electron chi connectivity index (χ2n) is 3.54. The van der Waals surface area contributed by atoms with Crippen molar-refractivity contribution < 1.29 is 4.79 Å². The SMILES string of the molecule is CNC(=O)c1ccc(-c2nc(N)sc2SC#N)cc1. The number of nitrogens with zero attached hydrogens (tertiary/aromatic N) is 2. The van der Waals surface area contributed by atoms with Crippen molar-refractivity contribution in [1.29, 1.82) is 5.26 Å². The number of carbonyl (C=O) groups excluding carboxylic acids is 1. The first-order valence-electron chi connectivity index (χ1n) is 5.30. The van der Waals surface area contributed by atoms with Gasteiger partial charge in [0.25, 0.3) is 5.91 Å². The molecule has 0 fully saturated rings. The van der Waals surface area contributed by atoms with Crippen molar-refractivity contribution in [3.8, 4) is 16.7 Å². The summed E-state index contributed by atoms with van der Waals surface area (Å²) in [5, 5.41) is 13.7. The number of anilines is 1. The number of thiocyanates is 1. The smallest absolute Gasteiger partial charge is 0.251 e. The second-order valence-corrected chi connectivity index (χ2v) is 5.62. The van der Waals surface area contributed by atoms with Gasteiger partial charge in [0.15, 0.2) is 5.13 Å². The zero-order valence-corrected chi connectivity index (χ0v) is 11.6. The number of amides is 1. The van der Waals surface area contributed by atoms with Crippen LogP contribution in [0.1, 0.15) is 10.4 Å². The Hall–Kier alpha value is -2.04. The van der Waals surface area contributed by atoms with Gasteiger partial charge >= 0.3 is 0 Å². The van der Waals surface area contributed by atoms with Gasteiger partial charge in [-0.05, 0) is 12.1 Å². The van der Waals surface area contributed by atoms with E-state index in [4.69, 9.17) is 11.0 Å². The molecule has 2 aromatic rings. The summed E-state index contributed by atoms with van der Waals surface area (Å²) in [6, 6.07) is 7.01. The zero-order chi connectivity index (χ0) is 13.8. The molecule has 1 aromatic heterocycles. The molecular formula is C12H10N4OS2. The molecule has 0 aliphatic heterocycles. The Labute approximate surface area is 118 Å². The number of thiazole rings is 1. The summed E-state index contributed by atoms with van der Waals surface area (Å²) in [4.78, 5) is 15.7. The van der Waals surface area contributed by atoms with Crippen molar-refractivity contribution in [2.75, 3.05) is 12.8 Å². The van der Waals surface area contributed by atoms with Gasteiger partial charge in [-0.15, -0.1) is 0 Å². The Kier molecular flexibility index (Phi) is 4.04. The average molecular weight is 290 g/mol. The summed E-state index contributed by atoms with van der Waals surface area (Å²) in [7, 11) is 1.58. The fraction of sp³-hybridized carbons (Fsp3) is 0.0833. The van der Waals surface area contributed by atoms with Crippen molar-refractivity contribution in [3.05, 3.63) is 29.8 Å². The van der Waals surface area contributed by atoms with Crippen LogP contribution in [0.5, 0.6) is 0 Å². The molecule has 2 rings (SSSR count). The van der Waals surface area contributed by atoms with E-state index in [0.29, 0.717) is 16.4 Å². The maximum Gasteiger partial charge on any atom is 0.251 e. The molecule has 0 bridgehead atoms. The number of rotatable bonds is 3. The first kappa shape index (κ1) is 13.4. The molecule has 1 heterocycles. The lowest BCUT2D eigenvalue weighted by Crippen LogP contribution is -2.17. The minimum absolute atomic E-state index is 0.143. The van der Waals surface area contributed by atoms with Crippen LogP contribution in [0.2, 0.25) is 0 Å². The molecule has 3 N–H and O–H groups in total. The highest BCUT2D eigenvalue weighted by molar-refractivity contribution is 8.05.